The van der Waals surface area contributed by atoms with Crippen molar-refractivity contribution in [3.8, 4) is 0 Å². The zero-order chi connectivity index (χ0) is 12.3. The molecule has 0 aromatic carbocycles. The predicted octanol–water partition coefficient (Wildman–Crippen LogP) is 1.20. The van der Waals surface area contributed by atoms with Gasteiger partial charge in [-0.1, -0.05) is 6.07 Å². The van der Waals surface area contributed by atoms with Crippen molar-refractivity contribution >= 4 is 11.8 Å². The number of anilines is 1. The van der Waals surface area contributed by atoms with Crippen LogP contribution >= 0.6 is 0 Å². The van der Waals surface area contributed by atoms with Crippen LogP contribution in [0.15, 0.2) is 18.2 Å². The zero-order valence-electron chi connectivity index (χ0n) is 9.73. The number of pyridine rings is 1. The van der Waals surface area contributed by atoms with Crippen LogP contribution in [-0.2, 0) is 16.0 Å². The minimum Gasteiger partial charge on any atom is -0.469 e. The summed E-state index contributed by atoms with van der Waals surface area (Å²) in [5, 5.41) is 0. The molecule has 0 spiro atoms. The molecule has 1 aromatic heterocycles. The van der Waals surface area contributed by atoms with Crippen molar-refractivity contribution in [3.05, 3.63) is 23.9 Å². The monoisotopic (exact) mass is 238 g/mol. The molecule has 4 nitrogen and oxygen atoms in total. The lowest BCUT2D eigenvalue weighted by Gasteiger charge is -2.38. The summed E-state index contributed by atoms with van der Waals surface area (Å²) in [5.74, 6) is 0.622. The van der Waals surface area contributed by atoms with Gasteiger partial charge in [-0.25, -0.2) is 4.98 Å². The first-order valence-electron chi connectivity index (χ1n) is 5.56. The third-order valence-corrected chi connectivity index (χ3v) is 2.84. The standard InChI is InChI=1S/C12H15FN2O2/c1-17-12(16)5-10-3-2-4-11(14-10)15-7-9(6-13)8-15/h2-4,9H,5-8H2,1H3. The van der Waals surface area contributed by atoms with Gasteiger partial charge in [-0.15, -0.1) is 0 Å². The molecule has 5 heteroatoms. The van der Waals surface area contributed by atoms with Gasteiger partial charge in [0, 0.05) is 19.0 Å². The lowest BCUT2D eigenvalue weighted by Crippen LogP contribution is -2.48. The Bertz CT molecular complexity index is 405. The van der Waals surface area contributed by atoms with E-state index < -0.39 is 0 Å². The number of rotatable bonds is 4. The van der Waals surface area contributed by atoms with E-state index in [9.17, 15) is 9.18 Å². The third kappa shape index (κ3) is 2.72. The summed E-state index contributed by atoms with van der Waals surface area (Å²) in [4.78, 5) is 17.5. The van der Waals surface area contributed by atoms with Crippen molar-refractivity contribution in [3.63, 3.8) is 0 Å². The number of carbonyl (C=O) groups is 1. The Balaban J connectivity index is 2.00. The van der Waals surface area contributed by atoms with Gasteiger partial charge in [0.25, 0.3) is 0 Å². The number of aromatic nitrogens is 1. The van der Waals surface area contributed by atoms with E-state index in [0.29, 0.717) is 18.8 Å². The van der Waals surface area contributed by atoms with Gasteiger partial charge in [0.2, 0.25) is 0 Å². The maximum absolute atomic E-state index is 12.3. The number of hydrogen-bond donors (Lipinski definition) is 0. The Morgan fingerprint density at radius 2 is 2.35 bits per heavy atom. The second kappa shape index (κ2) is 5.12. The van der Waals surface area contributed by atoms with Gasteiger partial charge in [-0.05, 0) is 12.1 Å². The Morgan fingerprint density at radius 3 is 3.00 bits per heavy atom. The average molecular weight is 238 g/mol. The van der Waals surface area contributed by atoms with E-state index in [-0.39, 0.29) is 25.0 Å². The summed E-state index contributed by atoms with van der Waals surface area (Å²) >= 11 is 0. The normalized spacial score (nSPS) is 15.5. The lowest BCUT2D eigenvalue weighted by molar-refractivity contribution is -0.139. The Kier molecular flexibility index (Phi) is 3.56. The molecule has 0 unspecified atom stereocenters. The summed E-state index contributed by atoms with van der Waals surface area (Å²) in [6.07, 6.45) is 0.171. The highest BCUT2D eigenvalue weighted by atomic mass is 19.1. The summed E-state index contributed by atoms with van der Waals surface area (Å²) in [5.41, 5.74) is 0.679. The number of hydrogen-bond acceptors (Lipinski definition) is 4. The smallest absolute Gasteiger partial charge is 0.311 e. The molecule has 0 radical (unpaired) electrons. The average Bonchev–Trinajstić information content (AvgIpc) is 2.28. The SMILES string of the molecule is COC(=O)Cc1cccc(N2CC(CF)C2)n1. The molecule has 1 aliphatic rings. The molecule has 1 aliphatic heterocycles. The molecule has 17 heavy (non-hydrogen) atoms. The van der Waals surface area contributed by atoms with E-state index in [1.807, 2.05) is 17.0 Å². The number of methoxy groups -OCH3 is 1. The van der Waals surface area contributed by atoms with Gasteiger partial charge in [-0.3, -0.25) is 9.18 Å². The summed E-state index contributed by atoms with van der Waals surface area (Å²) in [7, 11) is 1.35. The van der Waals surface area contributed by atoms with Crippen LogP contribution in [0.3, 0.4) is 0 Å². The third-order valence-electron chi connectivity index (χ3n) is 2.84. The largest absolute Gasteiger partial charge is 0.469 e. The van der Waals surface area contributed by atoms with E-state index in [4.69, 9.17) is 0 Å². The summed E-state index contributed by atoms with van der Waals surface area (Å²) in [6, 6.07) is 5.51. The highest BCUT2D eigenvalue weighted by Crippen LogP contribution is 2.23. The molecule has 1 aromatic rings. The zero-order valence-corrected chi connectivity index (χ0v) is 9.73. The van der Waals surface area contributed by atoms with Crippen LogP contribution in [0.5, 0.6) is 0 Å². The molecule has 92 valence electrons. The molecule has 0 bridgehead atoms. The molecule has 0 N–H and O–H groups in total. The van der Waals surface area contributed by atoms with Crippen LogP contribution < -0.4 is 4.90 Å². The van der Waals surface area contributed by atoms with Gasteiger partial charge in [0.15, 0.2) is 0 Å². The van der Waals surface area contributed by atoms with Crippen molar-refractivity contribution in [2.75, 3.05) is 31.8 Å². The lowest BCUT2D eigenvalue weighted by atomic mass is 10.0. The highest BCUT2D eigenvalue weighted by Gasteiger charge is 2.27. The second-order valence-electron chi connectivity index (χ2n) is 4.17. The van der Waals surface area contributed by atoms with E-state index in [2.05, 4.69) is 9.72 Å². The van der Waals surface area contributed by atoms with Crippen LogP contribution in [0.25, 0.3) is 0 Å². The first-order valence-corrected chi connectivity index (χ1v) is 5.56. The quantitative estimate of drug-likeness (QED) is 0.739. The van der Waals surface area contributed by atoms with E-state index >= 15 is 0 Å². The van der Waals surface area contributed by atoms with Crippen molar-refractivity contribution < 1.29 is 13.9 Å². The van der Waals surface area contributed by atoms with Gasteiger partial charge >= 0.3 is 5.97 Å². The van der Waals surface area contributed by atoms with Crippen LogP contribution in [0.1, 0.15) is 5.69 Å². The molecule has 0 atom stereocenters. The van der Waals surface area contributed by atoms with Crippen LogP contribution in [0, 0.1) is 5.92 Å². The van der Waals surface area contributed by atoms with Gasteiger partial charge in [-0.2, -0.15) is 0 Å². The Morgan fingerprint density at radius 1 is 1.59 bits per heavy atom. The van der Waals surface area contributed by atoms with Crippen molar-refractivity contribution in [2.24, 2.45) is 5.92 Å². The van der Waals surface area contributed by atoms with Crippen molar-refractivity contribution in [1.82, 2.24) is 4.98 Å². The minimum atomic E-state index is -0.306. The highest BCUT2D eigenvalue weighted by molar-refractivity contribution is 5.71. The van der Waals surface area contributed by atoms with Crippen LogP contribution in [0.2, 0.25) is 0 Å². The fraction of sp³-hybridized carbons (Fsp3) is 0.500. The maximum atomic E-state index is 12.3. The number of halogens is 1. The predicted molar refractivity (Wildman–Crippen MR) is 61.6 cm³/mol. The van der Waals surface area contributed by atoms with Gasteiger partial charge < -0.3 is 9.64 Å². The Labute approximate surface area is 99.4 Å². The van der Waals surface area contributed by atoms with Gasteiger partial charge in [0.05, 0.1) is 25.9 Å². The fourth-order valence-corrected chi connectivity index (χ4v) is 1.82. The number of nitrogens with zero attached hydrogens (tertiary/aromatic N) is 2. The van der Waals surface area contributed by atoms with Crippen molar-refractivity contribution in [2.45, 2.75) is 6.42 Å². The number of esters is 1. The van der Waals surface area contributed by atoms with E-state index in [1.165, 1.54) is 7.11 Å². The van der Waals surface area contributed by atoms with E-state index in [1.54, 1.807) is 6.07 Å². The topological polar surface area (TPSA) is 42.4 Å². The molecular formula is C12H15FN2O2. The van der Waals surface area contributed by atoms with Crippen LogP contribution in [-0.4, -0.2) is 37.8 Å². The van der Waals surface area contributed by atoms with E-state index in [0.717, 1.165) is 5.82 Å². The summed E-state index contributed by atoms with van der Waals surface area (Å²) < 4.78 is 16.9. The molecule has 0 amide bonds. The van der Waals surface area contributed by atoms with Crippen molar-refractivity contribution in [1.29, 1.82) is 0 Å². The Hall–Kier alpha value is -1.65. The minimum absolute atomic E-state index is 0.126. The second-order valence-corrected chi connectivity index (χ2v) is 4.17. The molecule has 2 rings (SSSR count). The number of alkyl halides is 1. The summed E-state index contributed by atoms with van der Waals surface area (Å²) in [6.45, 7) is 1.12. The molecule has 0 saturated carbocycles. The first-order chi connectivity index (χ1) is 8.22. The molecular weight excluding hydrogens is 223 g/mol. The molecule has 1 fully saturated rings. The molecule has 2 heterocycles. The maximum Gasteiger partial charge on any atom is 0.311 e. The molecule has 1 saturated heterocycles. The van der Waals surface area contributed by atoms with Crippen LogP contribution in [0.4, 0.5) is 10.2 Å². The first kappa shape index (κ1) is 11.8. The fourth-order valence-electron chi connectivity index (χ4n) is 1.82. The number of ether oxygens (including phenoxy) is 1. The van der Waals surface area contributed by atoms with Gasteiger partial charge in [0.1, 0.15) is 5.82 Å². The number of carbonyl (C=O) groups excluding carboxylic acids is 1. The molecule has 0 aliphatic carbocycles.